The van der Waals surface area contributed by atoms with Gasteiger partial charge in [-0.2, -0.15) is 0 Å². The van der Waals surface area contributed by atoms with Gasteiger partial charge in [-0.15, -0.1) is 0 Å². The number of aliphatic carboxylic acids is 1. The van der Waals surface area contributed by atoms with Gasteiger partial charge in [-0.3, -0.25) is 0 Å². The number of hydrogen-bond donors (Lipinski definition) is 1. The van der Waals surface area contributed by atoms with Crippen LogP contribution in [0.3, 0.4) is 0 Å². The molecule has 0 aromatic heterocycles. The van der Waals surface area contributed by atoms with Crippen LogP contribution in [0.1, 0.15) is 77.6 Å². The predicted octanol–water partition coefficient (Wildman–Crippen LogP) is 5.22. The second-order valence-corrected chi connectivity index (χ2v) is 9.07. The first kappa shape index (κ1) is 29.3. The van der Waals surface area contributed by atoms with Crippen molar-refractivity contribution in [3.05, 3.63) is 27.2 Å². The Kier molecular flexibility index (Phi) is 18.6. The molecule has 0 amide bonds. The van der Waals surface area contributed by atoms with E-state index in [2.05, 4.69) is 21.0 Å². The van der Waals surface area contributed by atoms with Crippen LogP contribution in [0.5, 0.6) is 5.75 Å². The van der Waals surface area contributed by atoms with Gasteiger partial charge in [0, 0.05) is 6.07 Å². The molecular weight excluding hydrogens is 445 g/mol. The lowest BCUT2D eigenvalue weighted by atomic mass is 10.1. The van der Waals surface area contributed by atoms with Crippen LogP contribution >= 0.6 is 34.8 Å². The lowest BCUT2D eigenvalue weighted by molar-refractivity contribution is -0.858. The van der Waals surface area contributed by atoms with Crippen LogP contribution in [0.25, 0.3) is 0 Å². The molecule has 0 unspecified atom stereocenters. The molecule has 1 aromatic carbocycles. The average Bonchev–Trinajstić information content (AvgIpc) is 2.68. The minimum Gasteiger partial charge on any atom is -0.546 e. The van der Waals surface area contributed by atoms with Gasteiger partial charge in [0.25, 0.3) is 0 Å². The molecule has 1 N–H and O–H groups in total. The highest BCUT2D eigenvalue weighted by molar-refractivity contribution is 6.43. The number of unbranched alkanes of at least 4 members (excludes halogenated alkanes) is 10. The topological polar surface area (TPSA) is 53.8 Å². The van der Waals surface area contributed by atoms with E-state index in [0.29, 0.717) is 0 Å². The minimum atomic E-state index is -1.34. The molecule has 0 saturated carbocycles. The predicted molar refractivity (Wildman–Crippen MR) is 126 cm³/mol. The normalized spacial score (nSPS) is 10.6. The van der Waals surface area contributed by atoms with Gasteiger partial charge >= 0.3 is 0 Å². The Morgan fingerprint density at radius 2 is 1.30 bits per heavy atom. The first-order valence-corrected chi connectivity index (χ1v) is 12.2. The Labute approximate surface area is 197 Å². The van der Waals surface area contributed by atoms with E-state index in [-0.39, 0.29) is 20.8 Å². The number of hydrogen-bond acceptors (Lipinski definition) is 3. The van der Waals surface area contributed by atoms with E-state index in [9.17, 15) is 9.90 Å². The zero-order chi connectivity index (χ0) is 22.8. The standard InChI is InChI=1S/C15H33N.C8H5Cl3O3/c1-4-5-6-7-8-9-10-11-12-13-14-15-16(2)3;9-4-1-6(11)7(2-5(4)10)14-3-8(12)13/h4-15H2,1-3H3;1-2H,3H2,(H,12,13). The van der Waals surface area contributed by atoms with Crippen molar-refractivity contribution in [3.8, 4) is 5.75 Å². The number of ether oxygens (including phenoxy) is 1. The molecule has 7 heteroatoms. The van der Waals surface area contributed by atoms with Gasteiger partial charge in [-0.05, 0) is 18.9 Å². The highest BCUT2D eigenvalue weighted by Gasteiger charge is 2.06. The van der Waals surface area contributed by atoms with Crippen LogP contribution in [0.15, 0.2) is 12.1 Å². The monoisotopic (exact) mass is 481 g/mol. The van der Waals surface area contributed by atoms with Gasteiger partial charge in [0.2, 0.25) is 0 Å². The molecule has 4 nitrogen and oxygen atoms in total. The van der Waals surface area contributed by atoms with Crippen LogP contribution in [0.2, 0.25) is 15.1 Å². The summed E-state index contributed by atoms with van der Waals surface area (Å²) < 4.78 is 4.80. The van der Waals surface area contributed by atoms with Crippen molar-refractivity contribution < 1.29 is 19.5 Å². The average molecular weight is 483 g/mol. The summed E-state index contributed by atoms with van der Waals surface area (Å²) in [6.07, 6.45) is 15.9. The maximum atomic E-state index is 10.1. The molecule has 0 aliphatic carbocycles. The van der Waals surface area contributed by atoms with Crippen molar-refractivity contribution in [1.82, 2.24) is 0 Å². The summed E-state index contributed by atoms with van der Waals surface area (Å²) in [6.45, 7) is 3.05. The number of carboxylic acids is 1. The second kappa shape index (κ2) is 19.0. The fourth-order valence-electron chi connectivity index (χ4n) is 2.89. The van der Waals surface area contributed by atoms with Crippen molar-refractivity contribution in [2.45, 2.75) is 77.6 Å². The van der Waals surface area contributed by atoms with E-state index < -0.39 is 12.6 Å². The second-order valence-electron chi connectivity index (χ2n) is 7.85. The number of carbonyl (C=O) groups excluding carboxylic acids is 1. The molecule has 0 aliphatic heterocycles. The number of rotatable bonds is 15. The molecule has 0 aliphatic rings. The molecule has 174 valence electrons. The lowest BCUT2D eigenvalue weighted by Crippen LogP contribution is -3.05. The molecule has 0 heterocycles. The molecular formula is C23H38Cl3NO3. The fraction of sp³-hybridized carbons (Fsp3) is 0.696. The zero-order valence-corrected chi connectivity index (χ0v) is 21.0. The number of benzene rings is 1. The molecule has 1 rings (SSSR count). The third-order valence-electron chi connectivity index (χ3n) is 4.60. The lowest BCUT2D eigenvalue weighted by Gasteiger charge is -2.09. The largest absolute Gasteiger partial charge is 0.546 e. The smallest absolute Gasteiger partial charge is 0.140 e. The maximum Gasteiger partial charge on any atom is 0.140 e. The Hall–Kier alpha value is -0.680. The number of quaternary nitrogens is 1. The molecule has 0 fully saturated rings. The van der Waals surface area contributed by atoms with Crippen molar-refractivity contribution in [2.75, 3.05) is 27.2 Å². The molecule has 0 spiro atoms. The van der Waals surface area contributed by atoms with Crippen LogP contribution < -0.4 is 14.7 Å². The Bertz CT molecular complexity index is 583. The van der Waals surface area contributed by atoms with E-state index >= 15 is 0 Å². The SMILES string of the molecule is CCCCCCCCCCCCC[NH+](C)C.O=C([O-])COc1cc(Cl)c(Cl)cc1Cl. The van der Waals surface area contributed by atoms with Gasteiger partial charge in [-0.25, -0.2) is 0 Å². The van der Waals surface area contributed by atoms with Gasteiger partial charge in [0.15, 0.2) is 0 Å². The van der Waals surface area contributed by atoms with E-state index in [0.717, 1.165) is 0 Å². The van der Waals surface area contributed by atoms with E-state index in [4.69, 9.17) is 39.5 Å². The quantitative estimate of drug-likeness (QED) is 0.275. The van der Waals surface area contributed by atoms with Gasteiger partial charge in [0.05, 0.1) is 41.7 Å². The highest BCUT2D eigenvalue weighted by atomic mass is 35.5. The number of nitrogens with one attached hydrogen (secondary N) is 1. The van der Waals surface area contributed by atoms with Gasteiger partial charge < -0.3 is 19.5 Å². The Morgan fingerprint density at radius 1 is 0.833 bits per heavy atom. The summed E-state index contributed by atoms with van der Waals surface area (Å²) in [5.74, 6) is -1.18. The summed E-state index contributed by atoms with van der Waals surface area (Å²) in [4.78, 5) is 11.7. The highest BCUT2D eigenvalue weighted by Crippen LogP contribution is 2.33. The molecule has 0 radical (unpaired) electrons. The first-order chi connectivity index (χ1) is 14.3. The fourth-order valence-corrected chi connectivity index (χ4v) is 3.49. The van der Waals surface area contributed by atoms with Crippen molar-refractivity contribution in [1.29, 1.82) is 0 Å². The summed E-state index contributed by atoms with van der Waals surface area (Å²) in [5.41, 5.74) is 0. The first-order valence-electron chi connectivity index (χ1n) is 11.0. The molecule has 0 saturated heterocycles. The number of halogens is 3. The van der Waals surface area contributed by atoms with Crippen molar-refractivity contribution in [2.24, 2.45) is 0 Å². The number of carbonyl (C=O) groups is 1. The molecule has 1 aromatic rings. The molecule has 30 heavy (non-hydrogen) atoms. The van der Waals surface area contributed by atoms with Crippen LogP contribution in [-0.2, 0) is 4.79 Å². The van der Waals surface area contributed by atoms with E-state index in [1.165, 1.54) is 89.3 Å². The maximum absolute atomic E-state index is 10.1. The minimum absolute atomic E-state index is 0.158. The summed E-state index contributed by atoms with van der Waals surface area (Å²) >= 11 is 17.0. The summed E-state index contributed by atoms with van der Waals surface area (Å²) in [6, 6.07) is 2.71. The third kappa shape index (κ3) is 17.0. The van der Waals surface area contributed by atoms with Crippen molar-refractivity contribution >= 4 is 40.8 Å². The molecule has 0 atom stereocenters. The van der Waals surface area contributed by atoms with E-state index in [1.807, 2.05) is 0 Å². The zero-order valence-electron chi connectivity index (χ0n) is 18.7. The Balaban J connectivity index is 0.000000564. The summed E-state index contributed by atoms with van der Waals surface area (Å²) in [5, 5.41) is 10.8. The third-order valence-corrected chi connectivity index (χ3v) is 5.62. The van der Waals surface area contributed by atoms with Gasteiger partial charge in [-0.1, -0.05) is 99.5 Å². The van der Waals surface area contributed by atoms with Crippen LogP contribution in [-0.4, -0.2) is 33.2 Å². The van der Waals surface area contributed by atoms with Crippen molar-refractivity contribution in [3.63, 3.8) is 0 Å². The Morgan fingerprint density at radius 3 is 1.77 bits per heavy atom. The number of carboxylic acid groups (broad SMARTS) is 1. The molecule has 0 bridgehead atoms. The van der Waals surface area contributed by atoms with Crippen LogP contribution in [0, 0.1) is 0 Å². The van der Waals surface area contributed by atoms with Crippen LogP contribution in [0.4, 0.5) is 0 Å². The summed E-state index contributed by atoms with van der Waals surface area (Å²) in [7, 11) is 4.49. The van der Waals surface area contributed by atoms with Gasteiger partial charge in [0.1, 0.15) is 12.4 Å². The van der Waals surface area contributed by atoms with E-state index in [1.54, 1.807) is 4.90 Å².